The van der Waals surface area contributed by atoms with E-state index in [1.165, 1.54) is 6.92 Å². The van der Waals surface area contributed by atoms with Gasteiger partial charge in [0.05, 0.1) is 0 Å². The highest BCUT2D eigenvalue weighted by Gasteiger charge is 2.43. The molecule has 1 unspecified atom stereocenters. The molecule has 2 rings (SSSR count). The molecule has 18 heavy (non-hydrogen) atoms. The van der Waals surface area contributed by atoms with Crippen LogP contribution in [0.5, 0.6) is 0 Å². The Balaban J connectivity index is 1.99. The zero-order chi connectivity index (χ0) is 13.3. The maximum Gasteiger partial charge on any atom is 0.336 e. The van der Waals surface area contributed by atoms with Gasteiger partial charge in [-0.3, -0.25) is 9.35 Å². The van der Waals surface area contributed by atoms with Gasteiger partial charge >= 0.3 is 16.3 Å². The van der Waals surface area contributed by atoms with Crippen molar-refractivity contribution in [1.29, 1.82) is 0 Å². The molecule has 0 aromatic carbocycles. The molecule has 0 heterocycles. The van der Waals surface area contributed by atoms with Crippen LogP contribution in [0.15, 0.2) is 0 Å². The van der Waals surface area contributed by atoms with Crippen molar-refractivity contribution in [2.75, 3.05) is 0 Å². The molecule has 0 radical (unpaired) electrons. The zero-order valence-corrected chi connectivity index (χ0v) is 11.2. The number of carbonyl (C=O) groups is 1. The minimum Gasteiger partial charge on any atom is -0.461 e. The molecule has 0 aliphatic heterocycles. The third kappa shape index (κ3) is 3.21. The quantitative estimate of drug-likeness (QED) is 0.601. The Morgan fingerprint density at radius 1 is 1.28 bits per heavy atom. The van der Waals surface area contributed by atoms with Crippen molar-refractivity contribution in [3.05, 3.63) is 0 Å². The monoisotopic (exact) mass is 277 g/mol. The maximum atomic E-state index is 11.9. The SMILES string of the molecule is CC(C(=O)OC1CCCC1)N(C1CC1)S(=O)(=O)O. The zero-order valence-electron chi connectivity index (χ0n) is 10.4. The van der Waals surface area contributed by atoms with Crippen LogP contribution < -0.4 is 0 Å². The third-order valence-electron chi connectivity index (χ3n) is 3.48. The molecule has 0 aromatic rings. The summed E-state index contributed by atoms with van der Waals surface area (Å²) in [5.41, 5.74) is 0. The van der Waals surface area contributed by atoms with Gasteiger partial charge in [0.1, 0.15) is 12.1 Å². The number of hydrogen-bond donors (Lipinski definition) is 1. The first-order valence-corrected chi connectivity index (χ1v) is 7.75. The third-order valence-corrected chi connectivity index (χ3v) is 4.63. The van der Waals surface area contributed by atoms with E-state index in [0.29, 0.717) is 12.8 Å². The van der Waals surface area contributed by atoms with Crippen molar-refractivity contribution < 1.29 is 22.5 Å². The molecule has 1 N–H and O–H groups in total. The van der Waals surface area contributed by atoms with Gasteiger partial charge in [0.15, 0.2) is 0 Å². The van der Waals surface area contributed by atoms with Crippen molar-refractivity contribution in [3.63, 3.8) is 0 Å². The van der Waals surface area contributed by atoms with Crippen LogP contribution in [0, 0.1) is 0 Å². The van der Waals surface area contributed by atoms with E-state index < -0.39 is 22.3 Å². The first kappa shape index (κ1) is 13.8. The van der Waals surface area contributed by atoms with Gasteiger partial charge in [-0.1, -0.05) is 0 Å². The lowest BCUT2D eigenvalue weighted by Crippen LogP contribution is -2.45. The molecule has 0 bridgehead atoms. The van der Waals surface area contributed by atoms with E-state index in [4.69, 9.17) is 9.29 Å². The summed E-state index contributed by atoms with van der Waals surface area (Å²) in [7, 11) is -4.35. The van der Waals surface area contributed by atoms with Crippen LogP contribution in [-0.2, 0) is 19.8 Å². The standard InChI is InChI=1S/C11H19NO5S/c1-8(11(13)17-10-4-2-3-5-10)12(9-6-7-9)18(14,15)16/h8-10H,2-7H2,1H3,(H,14,15,16). The number of hydrogen-bond acceptors (Lipinski definition) is 4. The van der Waals surface area contributed by atoms with Gasteiger partial charge in [-0.25, -0.2) is 0 Å². The summed E-state index contributed by atoms with van der Waals surface area (Å²) in [6, 6.07) is -1.21. The van der Waals surface area contributed by atoms with Gasteiger partial charge in [0.25, 0.3) is 0 Å². The fraction of sp³-hybridized carbons (Fsp3) is 0.909. The van der Waals surface area contributed by atoms with Gasteiger partial charge in [0, 0.05) is 6.04 Å². The maximum absolute atomic E-state index is 11.9. The van der Waals surface area contributed by atoms with E-state index in [2.05, 4.69) is 0 Å². The van der Waals surface area contributed by atoms with Crippen LogP contribution in [0.3, 0.4) is 0 Å². The summed E-state index contributed by atoms with van der Waals surface area (Å²) in [6.45, 7) is 1.46. The second-order valence-electron chi connectivity index (χ2n) is 5.06. The molecule has 0 aromatic heterocycles. The minimum absolute atomic E-state index is 0.0950. The number of esters is 1. The summed E-state index contributed by atoms with van der Waals surface area (Å²) in [6.07, 6.45) is 5.03. The summed E-state index contributed by atoms with van der Waals surface area (Å²) >= 11 is 0. The van der Waals surface area contributed by atoms with Crippen molar-refractivity contribution in [2.24, 2.45) is 0 Å². The molecular weight excluding hydrogens is 258 g/mol. The van der Waals surface area contributed by atoms with Crippen molar-refractivity contribution in [3.8, 4) is 0 Å². The smallest absolute Gasteiger partial charge is 0.336 e. The molecule has 0 spiro atoms. The van der Waals surface area contributed by atoms with Crippen LogP contribution in [0.2, 0.25) is 0 Å². The lowest BCUT2D eigenvalue weighted by molar-refractivity contribution is -0.153. The Bertz CT molecular complexity index is 411. The molecule has 1 atom stereocenters. The Labute approximate surface area is 107 Å². The predicted octanol–water partition coefficient (Wildman–Crippen LogP) is 1.13. The highest BCUT2D eigenvalue weighted by Crippen LogP contribution is 2.31. The predicted molar refractivity (Wildman–Crippen MR) is 64.2 cm³/mol. The fourth-order valence-corrected chi connectivity index (χ4v) is 3.48. The molecule has 2 fully saturated rings. The van der Waals surface area contributed by atoms with Crippen LogP contribution in [0.4, 0.5) is 0 Å². The average molecular weight is 277 g/mol. The Morgan fingerprint density at radius 2 is 1.83 bits per heavy atom. The molecule has 7 heteroatoms. The van der Waals surface area contributed by atoms with E-state index >= 15 is 0 Å². The van der Waals surface area contributed by atoms with E-state index in [1.807, 2.05) is 0 Å². The number of rotatable bonds is 5. The van der Waals surface area contributed by atoms with E-state index in [1.54, 1.807) is 0 Å². The van der Waals surface area contributed by atoms with Crippen LogP contribution >= 0.6 is 0 Å². The van der Waals surface area contributed by atoms with E-state index in [0.717, 1.165) is 30.0 Å². The van der Waals surface area contributed by atoms with E-state index in [-0.39, 0.29) is 12.1 Å². The number of ether oxygens (including phenoxy) is 1. The summed E-state index contributed by atoms with van der Waals surface area (Å²) in [5.74, 6) is -0.563. The Kier molecular flexibility index (Phi) is 3.93. The van der Waals surface area contributed by atoms with E-state index in [9.17, 15) is 13.2 Å². The van der Waals surface area contributed by atoms with Gasteiger partial charge in [0.2, 0.25) is 0 Å². The van der Waals surface area contributed by atoms with Crippen molar-refractivity contribution in [1.82, 2.24) is 4.31 Å². The fourth-order valence-electron chi connectivity index (χ4n) is 2.41. The summed E-state index contributed by atoms with van der Waals surface area (Å²) in [4.78, 5) is 11.9. The lowest BCUT2D eigenvalue weighted by atomic mass is 10.3. The van der Waals surface area contributed by atoms with Crippen LogP contribution in [-0.4, -0.2) is 41.4 Å². The average Bonchev–Trinajstić information content (AvgIpc) is 2.93. The molecular formula is C11H19NO5S. The highest BCUT2D eigenvalue weighted by atomic mass is 32.2. The summed E-state index contributed by atoms with van der Waals surface area (Å²) < 4.78 is 37.8. The van der Waals surface area contributed by atoms with Crippen molar-refractivity contribution in [2.45, 2.75) is 63.6 Å². The minimum atomic E-state index is -4.35. The second-order valence-corrected chi connectivity index (χ2v) is 6.38. The molecule has 2 aliphatic rings. The van der Waals surface area contributed by atoms with Gasteiger partial charge in [-0.2, -0.15) is 12.7 Å². The molecule has 6 nitrogen and oxygen atoms in total. The molecule has 2 saturated carbocycles. The van der Waals surface area contributed by atoms with Crippen molar-refractivity contribution >= 4 is 16.3 Å². The molecule has 2 aliphatic carbocycles. The Morgan fingerprint density at radius 3 is 2.28 bits per heavy atom. The highest BCUT2D eigenvalue weighted by molar-refractivity contribution is 7.83. The molecule has 0 saturated heterocycles. The number of nitrogens with zero attached hydrogens (tertiary/aromatic N) is 1. The van der Waals surface area contributed by atoms with Crippen LogP contribution in [0.25, 0.3) is 0 Å². The summed E-state index contributed by atoms with van der Waals surface area (Å²) in [5, 5.41) is 0. The second kappa shape index (κ2) is 5.14. The molecule has 104 valence electrons. The van der Waals surface area contributed by atoms with Gasteiger partial charge in [-0.15, -0.1) is 0 Å². The normalized spacial score (nSPS) is 23.3. The first-order chi connectivity index (χ1) is 8.39. The lowest BCUT2D eigenvalue weighted by Gasteiger charge is -2.25. The topological polar surface area (TPSA) is 83.9 Å². The first-order valence-electron chi connectivity index (χ1n) is 6.36. The molecule has 0 amide bonds. The number of carbonyl (C=O) groups excluding carboxylic acids is 1. The van der Waals surface area contributed by atoms with Crippen LogP contribution in [0.1, 0.15) is 45.4 Å². The Hall–Kier alpha value is -0.660. The van der Waals surface area contributed by atoms with Gasteiger partial charge < -0.3 is 4.74 Å². The largest absolute Gasteiger partial charge is 0.461 e. The van der Waals surface area contributed by atoms with Gasteiger partial charge in [-0.05, 0) is 45.4 Å².